The minimum Gasteiger partial charge on any atom is -0.364 e. The summed E-state index contributed by atoms with van der Waals surface area (Å²) in [6, 6.07) is 1.25. The summed E-state index contributed by atoms with van der Waals surface area (Å²) in [6.45, 7) is 1.65. The van der Waals surface area contributed by atoms with Gasteiger partial charge in [-0.2, -0.15) is 0 Å². The first-order valence-electron chi connectivity index (χ1n) is 5.33. The van der Waals surface area contributed by atoms with E-state index in [1.807, 2.05) is 0 Å². The summed E-state index contributed by atoms with van der Waals surface area (Å²) in [4.78, 5) is 18.0. The van der Waals surface area contributed by atoms with E-state index >= 15 is 0 Å². The van der Waals surface area contributed by atoms with Crippen LogP contribution in [0.25, 0.3) is 0 Å². The van der Waals surface area contributed by atoms with Gasteiger partial charge in [0, 0.05) is 18.6 Å². The van der Waals surface area contributed by atoms with E-state index in [9.17, 15) is 13.2 Å². The number of rotatable bonds is 3. The zero-order chi connectivity index (χ0) is 14.9. The minimum atomic E-state index is -3.97. The molecule has 0 bridgehead atoms. The summed E-state index contributed by atoms with van der Waals surface area (Å²) in [7, 11) is -3.97. The van der Waals surface area contributed by atoms with Crippen LogP contribution in [0.1, 0.15) is 5.69 Å². The van der Waals surface area contributed by atoms with Gasteiger partial charge in [-0.15, -0.1) is 0 Å². The zero-order valence-corrected chi connectivity index (χ0v) is 12.5. The van der Waals surface area contributed by atoms with Crippen LogP contribution in [-0.4, -0.2) is 18.4 Å². The Bertz CT molecular complexity index is 818. The van der Waals surface area contributed by atoms with E-state index in [-0.39, 0.29) is 20.6 Å². The molecule has 0 aliphatic rings. The number of nitrogens with one attached hydrogen (secondary N) is 2. The number of nitrogens with zero attached hydrogens (tertiary/aromatic N) is 1. The first-order valence-corrected chi connectivity index (χ1v) is 7.57. The van der Waals surface area contributed by atoms with Crippen LogP contribution < -0.4 is 10.2 Å². The number of sulfonamides is 1. The van der Waals surface area contributed by atoms with E-state index in [0.717, 1.165) is 6.20 Å². The predicted molar refractivity (Wildman–Crippen MR) is 76.9 cm³/mol. The van der Waals surface area contributed by atoms with Gasteiger partial charge in [0.2, 0.25) is 5.43 Å². The molecular weight excluding hydrogens is 325 g/mol. The number of anilines is 1. The average molecular weight is 334 g/mol. The third-order valence-corrected chi connectivity index (χ3v) is 4.45. The van der Waals surface area contributed by atoms with Crippen molar-refractivity contribution in [1.82, 2.24) is 9.97 Å². The summed E-state index contributed by atoms with van der Waals surface area (Å²) in [5, 5.41) is 0.0955. The lowest BCUT2D eigenvalue weighted by Gasteiger charge is -2.08. The van der Waals surface area contributed by atoms with E-state index in [4.69, 9.17) is 23.2 Å². The second-order valence-electron chi connectivity index (χ2n) is 3.89. The normalized spacial score (nSPS) is 11.3. The number of pyridine rings is 2. The van der Waals surface area contributed by atoms with Crippen LogP contribution in [0, 0.1) is 6.92 Å². The van der Waals surface area contributed by atoms with Crippen molar-refractivity contribution in [2.75, 3.05) is 4.72 Å². The molecule has 0 atom stereocenters. The highest BCUT2D eigenvalue weighted by Gasteiger charge is 2.18. The summed E-state index contributed by atoms with van der Waals surface area (Å²) >= 11 is 11.5. The molecular formula is C11H9Cl2N3O3S. The van der Waals surface area contributed by atoms with Gasteiger partial charge in [0.25, 0.3) is 10.0 Å². The molecule has 2 rings (SSSR count). The zero-order valence-electron chi connectivity index (χ0n) is 10.1. The van der Waals surface area contributed by atoms with E-state index in [0.29, 0.717) is 5.69 Å². The molecule has 20 heavy (non-hydrogen) atoms. The van der Waals surface area contributed by atoms with Gasteiger partial charge in [-0.1, -0.05) is 23.2 Å². The number of H-pyrrole nitrogens is 1. The number of aromatic amines is 1. The lowest BCUT2D eigenvalue weighted by atomic mass is 10.4. The molecule has 0 saturated heterocycles. The second-order valence-corrected chi connectivity index (χ2v) is 6.39. The lowest BCUT2D eigenvalue weighted by molar-refractivity contribution is 0.600. The Morgan fingerprint density at radius 3 is 2.60 bits per heavy atom. The molecule has 2 aromatic rings. The largest absolute Gasteiger partial charge is 0.364 e. The molecule has 9 heteroatoms. The lowest BCUT2D eigenvalue weighted by Crippen LogP contribution is -2.19. The highest BCUT2D eigenvalue weighted by atomic mass is 35.5. The highest BCUT2D eigenvalue weighted by molar-refractivity contribution is 7.92. The molecule has 0 aliphatic heterocycles. The molecule has 0 spiro atoms. The number of aromatic nitrogens is 2. The standard InChI is InChI=1S/C11H9Cl2N3O3S/c1-6-8(12)2-7(3-15-6)20(18,19)16-10-5-14-4-9(13)11(10)17/h2-5,16H,1H3,(H,14,17). The van der Waals surface area contributed by atoms with E-state index < -0.39 is 15.5 Å². The molecule has 2 N–H and O–H groups in total. The number of hydrogen-bond donors (Lipinski definition) is 2. The number of halogens is 2. The van der Waals surface area contributed by atoms with Gasteiger partial charge in [0.15, 0.2) is 0 Å². The number of hydrogen-bond acceptors (Lipinski definition) is 4. The van der Waals surface area contributed by atoms with Crippen molar-refractivity contribution in [2.45, 2.75) is 11.8 Å². The Labute approximate surface area is 124 Å². The van der Waals surface area contributed by atoms with Crippen LogP contribution in [-0.2, 0) is 10.0 Å². The molecule has 2 aromatic heterocycles. The Hall–Kier alpha value is -1.57. The summed E-state index contributed by atoms with van der Waals surface area (Å²) < 4.78 is 26.4. The van der Waals surface area contributed by atoms with Crippen LogP contribution >= 0.6 is 23.2 Å². The van der Waals surface area contributed by atoms with E-state index in [1.54, 1.807) is 6.92 Å². The van der Waals surface area contributed by atoms with Crippen LogP contribution in [0.3, 0.4) is 0 Å². The van der Waals surface area contributed by atoms with Crippen molar-refractivity contribution in [3.05, 3.63) is 50.6 Å². The first-order chi connectivity index (χ1) is 9.31. The Morgan fingerprint density at radius 1 is 1.25 bits per heavy atom. The molecule has 0 fully saturated rings. The highest BCUT2D eigenvalue weighted by Crippen LogP contribution is 2.19. The number of aryl methyl sites for hydroxylation is 1. The molecule has 0 aromatic carbocycles. The molecule has 0 radical (unpaired) electrons. The van der Waals surface area contributed by atoms with Crippen molar-refractivity contribution < 1.29 is 8.42 Å². The van der Waals surface area contributed by atoms with Crippen LogP contribution in [0.2, 0.25) is 10.0 Å². The maximum Gasteiger partial charge on any atom is 0.263 e. The minimum absolute atomic E-state index is 0.120. The molecule has 6 nitrogen and oxygen atoms in total. The van der Waals surface area contributed by atoms with Crippen molar-refractivity contribution >= 4 is 38.9 Å². The maximum atomic E-state index is 12.1. The molecule has 2 heterocycles. The predicted octanol–water partition coefficient (Wildman–Crippen LogP) is 2.19. The van der Waals surface area contributed by atoms with Gasteiger partial charge in [-0.25, -0.2) is 8.42 Å². The Kier molecular flexibility index (Phi) is 4.03. The van der Waals surface area contributed by atoms with E-state index in [2.05, 4.69) is 14.7 Å². The summed E-state index contributed by atoms with van der Waals surface area (Å²) in [5.74, 6) is 0. The van der Waals surface area contributed by atoms with Gasteiger partial charge in [-0.3, -0.25) is 14.5 Å². The average Bonchev–Trinajstić information content (AvgIpc) is 2.38. The Balaban J connectivity index is 2.43. The fourth-order valence-electron chi connectivity index (χ4n) is 1.37. The molecule has 0 unspecified atom stereocenters. The smallest absolute Gasteiger partial charge is 0.263 e. The molecule has 0 saturated carbocycles. The first kappa shape index (κ1) is 14.8. The third kappa shape index (κ3) is 2.95. The van der Waals surface area contributed by atoms with Gasteiger partial charge in [0.05, 0.1) is 10.7 Å². The van der Waals surface area contributed by atoms with Gasteiger partial charge in [-0.05, 0) is 13.0 Å². The monoisotopic (exact) mass is 333 g/mol. The van der Waals surface area contributed by atoms with Crippen molar-refractivity contribution in [3.8, 4) is 0 Å². The van der Waals surface area contributed by atoms with Crippen molar-refractivity contribution in [1.29, 1.82) is 0 Å². The van der Waals surface area contributed by atoms with Gasteiger partial charge < -0.3 is 4.98 Å². The second kappa shape index (κ2) is 5.43. The van der Waals surface area contributed by atoms with Gasteiger partial charge in [0.1, 0.15) is 15.6 Å². The van der Waals surface area contributed by atoms with Crippen molar-refractivity contribution in [2.24, 2.45) is 0 Å². The van der Waals surface area contributed by atoms with Crippen LogP contribution in [0.15, 0.2) is 34.3 Å². The fourth-order valence-corrected chi connectivity index (χ4v) is 2.79. The molecule has 106 valence electrons. The SMILES string of the molecule is Cc1ncc(S(=O)(=O)Nc2c[nH]cc(Cl)c2=O)cc1Cl. The third-order valence-electron chi connectivity index (χ3n) is 2.45. The quantitative estimate of drug-likeness (QED) is 0.900. The van der Waals surface area contributed by atoms with Gasteiger partial charge >= 0.3 is 0 Å². The fraction of sp³-hybridized carbons (Fsp3) is 0.0909. The van der Waals surface area contributed by atoms with Crippen LogP contribution in [0.4, 0.5) is 5.69 Å². The van der Waals surface area contributed by atoms with Crippen LogP contribution in [0.5, 0.6) is 0 Å². The van der Waals surface area contributed by atoms with Crippen molar-refractivity contribution in [3.63, 3.8) is 0 Å². The summed E-state index contributed by atoms with van der Waals surface area (Å²) in [5.41, 5.74) is -0.305. The Morgan fingerprint density at radius 2 is 1.95 bits per heavy atom. The summed E-state index contributed by atoms with van der Waals surface area (Å²) in [6.07, 6.45) is 3.61. The molecule has 0 amide bonds. The maximum absolute atomic E-state index is 12.1. The van der Waals surface area contributed by atoms with E-state index in [1.165, 1.54) is 18.5 Å². The topological polar surface area (TPSA) is 91.9 Å². The molecule has 0 aliphatic carbocycles.